The van der Waals surface area contributed by atoms with Crippen molar-refractivity contribution in [1.29, 1.82) is 0 Å². The summed E-state index contributed by atoms with van der Waals surface area (Å²) in [7, 11) is 2.14. The van der Waals surface area contributed by atoms with Crippen molar-refractivity contribution >= 4 is 6.03 Å². The fourth-order valence-electron chi connectivity index (χ4n) is 3.62. The lowest BCUT2D eigenvalue weighted by atomic mass is 10.1. The Bertz CT molecular complexity index is 572. The summed E-state index contributed by atoms with van der Waals surface area (Å²) < 4.78 is 0. The lowest BCUT2D eigenvalue weighted by Crippen LogP contribution is -2.51. The fourth-order valence-corrected chi connectivity index (χ4v) is 3.62. The number of aliphatic hydroxyl groups is 1. The Morgan fingerprint density at radius 1 is 1.29 bits per heavy atom. The third-order valence-electron chi connectivity index (χ3n) is 5.00. The van der Waals surface area contributed by atoms with Crippen LogP contribution in [0.1, 0.15) is 24.1 Å². The van der Waals surface area contributed by atoms with Crippen molar-refractivity contribution in [1.82, 2.24) is 20.4 Å². The number of likely N-dealkylation sites (N-methyl/N-ethyl adjacent to an activating group) is 1. The summed E-state index contributed by atoms with van der Waals surface area (Å²) in [4.78, 5) is 17.0. The highest BCUT2D eigenvalue weighted by Crippen LogP contribution is 2.31. The number of carbonyl (C=O) groups is 1. The molecule has 1 saturated heterocycles. The van der Waals surface area contributed by atoms with Crippen molar-refractivity contribution in [2.45, 2.75) is 31.5 Å². The van der Waals surface area contributed by atoms with Gasteiger partial charge in [0.05, 0.1) is 12.1 Å². The molecule has 0 aromatic heterocycles. The van der Waals surface area contributed by atoms with Gasteiger partial charge in [-0.3, -0.25) is 4.90 Å². The SMILES string of the molecule is CC(CN1CCN(C)CC1)NC(=O)N[C@@H]1c2ccccc2C[C@@H]1O. The lowest BCUT2D eigenvalue weighted by Gasteiger charge is -2.34. The van der Waals surface area contributed by atoms with Crippen LogP contribution >= 0.6 is 0 Å². The van der Waals surface area contributed by atoms with Crippen LogP contribution in [0.2, 0.25) is 0 Å². The van der Waals surface area contributed by atoms with Gasteiger partial charge in [0.1, 0.15) is 0 Å². The standard InChI is InChI=1S/C18H28N4O2/c1-13(12-22-9-7-21(2)8-10-22)19-18(24)20-17-15-6-4-3-5-14(15)11-16(17)23/h3-6,13,16-17,23H,7-12H2,1-2H3,(H2,19,20,24)/t13?,16-,17+/m0/s1. The molecular formula is C18H28N4O2. The van der Waals surface area contributed by atoms with Gasteiger partial charge in [0.2, 0.25) is 0 Å². The summed E-state index contributed by atoms with van der Waals surface area (Å²) in [5, 5.41) is 16.2. The van der Waals surface area contributed by atoms with E-state index in [0.717, 1.165) is 43.9 Å². The normalized spacial score (nSPS) is 26.0. The topological polar surface area (TPSA) is 67.8 Å². The first-order valence-electron chi connectivity index (χ1n) is 8.76. The van der Waals surface area contributed by atoms with Crippen molar-refractivity contribution in [2.24, 2.45) is 0 Å². The molecule has 1 unspecified atom stereocenters. The van der Waals surface area contributed by atoms with E-state index in [1.54, 1.807) is 0 Å². The zero-order valence-electron chi connectivity index (χ0n) is 14.5. The van der Waals surface area contributed by atoms with Gasteiger partial charge in [-0.15, -0.1) is 0 Å². The average molecular weight is 332 g/mol. The van der Waals surface area contributed by atoms with Gasteiger partial charge in [-0.1, -0.05) is 24.3 Å². The van der Waals surface area contributed by atoms with E-state index in [2.05, 4.69) is 27.5 Å². The van der Waals surface area contributed by atoms with Gasteiger partial charge in [-0.05, 0) is 25.1 Å². The summed E-state index contributed by atoms with van der Waals surface area (Å²) in [6.07, 6.45) is 0.0407. The molecule has 6 nitrogen and oxygen atoms in total. The van der Waals surface area contributed by atoms with Crippen LogP contribution in [-0.2, 0) is 6.42 Å². The molecule has 1 heterocycles. The van der Waals surface area contributed by atoms with Gasteiger partial charge in [0, 0.05) is 45.2 Å². The molecule has 2 amide bonds. The molecule has 0 bridgehead atoms. The highest BCUT2D eigenvalue weighted by Gasteiger charge is 2.32. The molecule has 6 heteroatoms. The Morgan fingerprint density at radius 3 is 2.75 bits per heavy atom. The molecule has 24 heavy (non-hydrogen) atoms. The smallest absolute Gasteiger partial charge is 0.315 e. The van der Waals surface area contributed by atoms with Crippen molar-refractivity contribution in [2.75, 3.05) is 39.8 Å². The zero-order valence-corrected chi connectivity index (χ0v) is 14.5. The largest absolute Gasteiger partial charge is 0.390 e. The molecule has 1 aliphatic heterocycles. The molecule has 2 aliphatic rings. The Balaban J connectivity index is 1.49. The number of hydrogen-bond acceptors (Lipinski definition) is 4. The third kappa shape index (κ3) is 4.06. The number of carbonyl (C=O) groups excluding carboxylic acids is 1. The lowest BCUT2D eigenvalue weighted by molar-refractivity contribution is 0.136. The van der Waals surface area contributed by atoms with Crippen molar-refractivity contribution < 1.29 is 9.90 Å². The molecule has 0 spiro atoms. The van der Waals surface area contributed by atoms with E-state index in [1.165, 1.54) is 0 Å². The summed E-state index contributed by atoms with van der Waals surface area (Å²) in [6.45, 7) is 7.10. The Kier molecular flexibility index (Phi) is 5.38. The number of nitrogens with one attached hydrogen (secondary N) is 2. The second-order valence-corrected chi connectivity index (χ2v) is 7.07. The first-order chi connectivity index (χ1) is 11.5. The van der Waals surface area contributed by atoms with E-state index in [0.29, 0.717) is 6.42 Å². The van der Waals surface area contributed by atoms with E-state index in [1.807, 2.05) is 31.2 Å². The van der Waals surface area contributed by atoms with Crippen LogP contribution in [0.3, 0.4) is 0 Å². The predicted molar refractivity (Wildman–Crippen MR) is 94.0 cm³/mol. The van der Waals surface area contributed by atoms with Gasteiger partial charge in [-0.2, -0.15) is 0 Å². The number of rotatable bonds is 4. The summed E-state index contributed by atoms with van der Waals surface area (Å²) in [5.74, 6) is 0. The maximum atomic E-state index is 12.3. The molecule has 3 N–H and O–H groups in total. The number of hydrogen-bond donors (Lipinski definition) is 3. The second kappa shape index (κ2) is 7.51. The molecule has 1 aromatic carbocycles. The van der Waals surface area contributed by atoms with Crippen LogP contribution in [0.25, 0.3) is 0 Å². The minimum atomic E-state index is -0.555. The number of benzene rings is 1. The maximum absolute atomic E-state index is 12.3. The molecule has 1 aliphatic carbocycles. The minimum Gasteiger partial charge on any atom is -0.390 e. The molecule has 0 radical (unpaired) electrons. The van der Waals surface area contributed by atoms with Crippen LogP contribution in [0.15, 0.2) is 24.3 Å². The quantitative estimate of drug-likeness (QED) is 0.755. The van der Waals surface area contributed by atoms with Crippen LogP contribution in [0, 0.1) is 0 Å². The summed E-state index contributed by atoms with van der Waals surface area (Å²) in [5.41, 5.74) is 2.13. The van der Waals surface area contributed by atoms with Crippen molar-refractivity contribution in [3.05, 3.63) is 35.4 Å². The Hall–Kier alpha value is -1.63. The minimum absolute atomic E-state index is 0.0715. The van der Waals surface area contributed by atoms with Gasteiger partial charge in [0.25, 0.3) is 0 Å². The Morgan fingerprint density at radius 2 is 2.00 bits per heavy atom. The number of fused-ring (bicyclic) bond motifs is 1. The summed E-state index contributed by atoms with van der Waals surface area (Å²) in [6, 6.07) is 7.43. The van der Waals surface area contributed by atoms with Crippen LogP contribution in [-0.4, -0.2) is 72.9 Å². The van der Waals surface area contributed by atoms with E-state index in [-0.39, 0.29) is 18.1 Å². The van der Waals surface area contributed by atoms with Gasteiger partial charge >= 0.3 is 6.03 Å². The van der Waals surface area contributed by atoms with Gasteiger partial charge in [0.15, 0.2) is 0 Å². The van der Waals surface area contributed by atoms with Gasteiger partial charge in [-0.25, -0.2) is 4.79 Å². The highest BCUT2D eigenvalue weighted by atomic mass is 16.3. The third-order valence-corrected chi connectivity index (χ3v) is 5.00. The molecule has 3 rings (SSSR count). The van der Waals surface area contributed by atoms with E-state index < -0.39 is 6.10 Å². The van der Waals surface area contributed by atoms with Crippen LogP contribution in [0.5, 0.6) is 0 Å². The van der Waals surface area contributed by atoms with Crippen molar-refractivity contribution in [3.8, 4) is 0 Å². The molecule has 1 aromatic rings. The predicted octanol–water partition coefficient (Wildman–Crippen LogP) is 0.580. The number of piperazine rings is 1. The fraction of sp³-hybridized carbons (Fsp3) is 0.611. The Labute approximate surface area is 143 Å². The maximum Gasteiger partial charge on any atom is 0.315 e. The highest BCUT2D eigenvalue weighted by molar-refractivity contribution is 5.75. The molecule has 0 saturated carbocycles. The number of amides is 2. The first kappa shape index (κ1) is 17.2. The average Bonchev–Trinajstić information content (AvgIpc) is 2.85. The van der Waals surface area contributed by atoms with Gasteiger partial charge < -0.3 is 20.6 Å². The van der Waals surface area contributed by atoms with Crippen LogP contribution < -0.4 is 10.6 Å². The monoisotopic (exact) mass is 332 g/mol. The molecule has 132 valence electrons. The summed E-state index contributed by atoms with van der Waals surface area (Å²) >= 11 is 0. The number of urea groups is 1. The molecule has 1 fully saturated rings. The number of aliphatic hydroxyl groups excluding tert-OH is 1. The van der Waals surface area contributed by atoms with E-state index >= 15 is 0 Å². The zero-order chi connectivity index (χ0) is 17.1. The molecule has 3 atom stereocenters. The van der Waals surface area contributed by atoms with Crippen LogP contribution in [0.4, 0.5) is 4.79 Å². The first-order valence-corrected chi connectivity index (χ1v) is 8.76. The van der Waals surface area contributed by atoms with E-state index in [9.17, 15) is 9.90 Å². The number of nitrogens with zero attached hydrogens (tertiary/aromatic N) is 2. The van der Waals surface area contributed by atoms with E-state index in [4.69, 9.17) is 0 Å². The second-order valence-electron chi connectivity index (χ2n) is 7.07. The van der Waals surface area contributed by atoms with Crippen molar-refractivity contribution in [3.63, 3.8) is 0 Å². The molecular weight excluding hydrogens is 304 g/mol.